The number of halogens is 1. The van der Waals surface area contributed by atoms with Crippen molar-refractivity contribution < 1.29 is 14.4 Å². The van der Waals surface area contributed by atoms with E-state index >= 15 is 0 Å². The van der Waals surface area contributed by atoms with E-state index in [2.05, 4.69) is 5.32 Å². The number of carbonyl (C=O) groups excluding carboxylic acids is 3. The van der Waals surface area contributed by atoms with E-state index < -0.39 is 6.04 Å². The Morgan fingerprint density at radius 2 is 1.60 bits per heavy atom. The quantitative estimate of drug-likeness (QED) is 0.245. The molecule has 1 aliphatic heterocycles. The molecule has 4 aromatic carbocycles. The summed E-state index contributed by atoms with van der Waals surface area (Å²) in [5.74, 6) is -0.698. The lowest BCUT2D eigenvalue weighted by Gasteiger charge is -2.34. The predicted molar refractivity (Wildman–Crippen MR) is 167 cm³/mol. The van der Waals surface area contributed by atoms with Crippen LogP contribution in [0.1, 0.15) is 53.6 Å². The molecule has 3 amide bonds. The molecule has 7 heteroatoms. The van der Waals surface area contributed by atoms with Crippen LogP contribution in [0.5, 0.6) is 0 Å². The smallest absolute Gasteiger partial charge is 0.259 e. The van der Waals surface area contributed by atoms with Crippen molar-refractivity contribution in [3.63, 3.8) is 0 Å². The molecule has 0 radical (unpaired) electrons. The van der Waals surface area contributed by atoms with Crippen molar-refractivity contribution in [3.05, 3.63) is 113 Å². The molecule has 1 heterocycles. The van der Waals surface area contributed by atoms with Crippen LogP contribution < -0.4 is 10.2 Å². The molecule has 42 heavy (non-hydrogen) atoms. The molecular formula is C35H34ClN3O3. The average Bonchev–Trinajstić information content (AvgIpc) is 3.28. The standard InChI is InChI=1S/C35H34ClN3O3/c36-29-19-8-7-13-26(29)22-38(31(21-24-11-3-1-4-12-24)34(41)37-27-16-5-2-6-17-27)32(40)23-39-30-20-10-15-25-14-9-18-28(33(25)30)35(39)42/h1,3-4,7-15,18-20,27,31H,2,5-6,16-17,21-23H2,(H,37,41)/t31-/m1/s1. The Labute approximate surface area is 251 Å². The highest BCUT2D eigenvalue weighted by Crippen LogP contribution is 2.37. The molecule has 6 nitrogen and oxygen atoms in total. The number of nitrogens with one attached hydrogen (secondary N) is 1. The molecular weight excluding hydrogens is 546 g/mol. The lowest BCUT2D eigenvalue weighted by atomic mass is 9.94. The molecule has 1 fully saturated rings. The number of benzene rings is 4. The Morgan fingerprint density at radius 1 is 0.881 bits per heavy atom. The van der Waals surface area contributed by atoms with Crippen molar-refractivity contribution in [2.75, 3.05) is 11.4 Å². The second-order valence-corrected chi connectivity index (χ2v) is 11.6. The maximum absolute atomic E-state index is 14.4. The van der Waals surface area contributed by atoms with E-state index in [0.717, 1.165) is 47.6 Å². The van der Waals surface area contributed by atoms with E-state index in [1.165, 1.54) is 11.3 Å². The maximum Gasteiger partial charge on any atom is 0.259 e. The zero-order chi connectivity index (χ0) is 29.1. The van der Waals surface area contributed by atoms with Crippen molar-refractivity contribution >= 4 is 45.8 Å². The minimum atomic E-state index is -0.783. The fraction of sp³-hybridized carbons (Fsp3) is 0.286. The monoisotopic (exact) mass is 579 g/mol. The van der Waals surface area contributed by atoms with Crippen molar-refractivity contribution in [2.24, 2.45) is 0 Å². The summed E-state index contributed by atoms with van der Waals surface area (Å²) in [6, 6.07) is 27.8. The summed E-state index contributed by atoms with van der Waals surface area (Å²) in [6.45, 7) is -0.0354. The molecule has 6 rings (SSSR count). The zero-order valence-corrected chi connectivity index (χ0v) is 24.2. The third-order valence-electron chi connectivity index (χ3n) is 8.46. The minimum absolute atomic E-state index is 0.0917. The van der Waals surface area contributed by atoms with Crippen molar-refractivity contribution in [1.29, 1.82) is 0 Å². The lowest BCUT2D eigenvalue weighted by Crippen LogP contribution is -2.54. The van der Waals surface area contributed by atoms with Gasteiger partial charge in [0, 0.05) is 35.0 Å². The second kappa shape index (κ2) is 12.4. The summed E-state index contributed by atoms with van der Waals surface area (Å²) < 4.78 is 0. The highest BCUT2D eigenvalue weighted by molar-refractivity contribution is 6.31. The number of hydrogen-bond acceptors (Lipinski definition) is 3. The second-order valence-electron chi connectivity index (χ2n) is 11.2. The average molecular weight is 580 g/mol. The van der Waals surface area contributed by atoms with E-state index in [1.54, 1.807) is 17.0 Å². The first-order valence-electron chi connectivity index (χ1n) is 14.7. The molecule has 0 saturated heterocycles. The number of rotatable bonds is 9. The van der Waals surface area contributed by atoms with Crippen LogP contribution in [0.25, 0.3) is 10.8 Å². The predicted octanol–water partition coefficient (Wildman–Crippen LogP) is 6.54. The van der Waals surface area contributed by atoms with E-state index in [9.17, 15) is 14.4 Å². The normalized spacial score (nSPS) is 15.5. The summed E-state index contributed by atoms with van der Waals surface area (Å²) in [5.41, 5.74) is 3.00. The van der Waals surface area contributed by atoms with E-state index in [4.69, 9.17) is 11.6 Å². The Balaban J connectivity index is 1.35. The van der Waals surface area contributed by atoms with Crippen LogP contribution in [0.15, 0.2) is 91.0 Å². The number of nitrogens with zero attached hydrogens (tertiary/aromatic N) is 2. The van der Waals surface area contributed by atoms with Gasteiger partial charge in [-0.2, -0.15) is 0 Å². The Morgan fingerprint density at radius 3 is 2.36 bits per heavy atom. The molecule has 1 aliphatic carbocycles. The van der Waals surface area contributed by atoms with Crippen LogP contribution >= 0.6 is 11.6 Å². The summed E-state index contributed by atoms with van der Waals surface area (Å²) >= 11 is 6.58. The SMILES string of the molecule is O=C(NC1CCCCC1)[C@@H](Cc1ccccc1)N(Cc1ccccc1Cl)C(=O)CN1C(=O)c2cccc3cccc1c23. The minimum Gasteiger partial charge on any atom is -0.352 e. The van der Waals surface area contributed by atoms with Gasteiger partial charge in [-0.25, -0.2) is 0 Å². The van der Waals surface area contributed by atoms with Crippen LogP contribution in [0.2, 0.25) is 5.02 Å². The van der Waals surface area contributed by atoms with Crippen LogP contribution in [-0.4, -0.2) is 41.2 Å². The zero-order valence-electron chi connectivity index (χ0n) is 23.5. The van der Waals surface area contributed by atoms with Gasteiger partial charge in [-0.3, -0.25) is 19.3 Å². The summed E-state index contributed by atoms with van der Waals surface area (Å²) in [6.07, 6.45) is 5.56. The fourth-order valence-corrected chi connectivity index (χ4v) is 6.47. The van der Waals surface area contributed by atoms with E-state index in [0.29, 0.717) is 22.7 Å². The van der Waals surface area contributed by atoms with Gasteiger partial charge in [0.15, 0.2) is 0 Å². The van der Waals surface area contributed by atoms with E-state index in [1.807, 2.05) is 78.9 Å². The Hall–Kier alpha value is -4.16. The van der Waals surface area contributed by atoms with Crippen LogP contribution in [-0.2, 0) is 22.6 Å². The van der Waals surface area contributed by atoms with Crippen LogP contribution in [0, 0.1) is 0 Å². The highest BCUT2D eigenvalue weighted by Gasteiger charge is 2.36. The number of anilines is 1. The topological polar surface area (TPSA) is 69.7 Å². The maximum atomic E-state index is 14.4. The molecule has 0 bridgehead atoms. The number of hydrogen-bond donors (Lipinski definition) is 1. The first-order valence-corrected chi connectivity index (χ1v) is 15.1. The third-order valence-corrected chi connectivity index (χ3v) is 8.83. The van der Waals surface area contributed by atoms with Crippen LogP contribution in [0.4, 0.5) is 5.69 Å². The van der Waals surface area contributed by atoms with Gasteiger partial charge in [0.1, 0.15) is 12.6 Å². The first kappa shape index (κ1) is 28.0. The van der Waals surface area contributed by atoms with Crippen molar-refractivity contribution in [2.45, 2.75) is 57.2 Å². The van der Waals surface area contributed by atoms with E-state index in [-0.39, 0.29) is 36.9 Å². The first-order chi connectivity index (χ1) is 20.5. The Bertz CT molecular complexity index is 1610. The highest BCUT2D eigenvalue weighted by atomic mass is 35.5. The van der Waals surface area contributed by atoms with Gasteiger partial charge in [0.2, 0.25) is 11.8 Å². The van der Waals surface area contributed by atoms with Crippen LogP contribution in [0.3, 0.4) is 0 Å². The van der Waals surface area contributed by atoms with Gasteiger partial charge in [-0.15, -0.1) is 0 Å². The summed E-state index contributed by atoms with van der Waals surface area (Å²) in [7, 11) is 0. The summed E-state index contributed by atoms with van der Waals surface area (Å²) in [5, 5.41) is 5.59. The third kappa shape index (κ3) is 5.77. The molecule has 4 aromatic rings. The lowest BCUT2D eigenvalue weighted by molar-refractivity contribution is -0.140. The largest absolute Gasteiger partial charge is 0.352 e. The molecule has 1 atom stereocenters. The van der Waals surface area contributed by atoms with Gasteiger partial charge in [-0.05, 0) is 47.6 Å². The van der Waals surface area contributed by atoms with Crippen molar-refractivity contribution in [1.82, 2.24) is 10.2 Å². The van der Waals surface area contributed by atoms with Gasteiger partial charge in [-0.1, -0.05) is 104 Å². The fourth-order valence-electron chi connectivity index (χ4n) is 6.27. The van der Waals surface area contributed by atoms with Gasteiger partial charge in [0.05, 0.1) is 5.69 Å². The van der Waals surface area contributed by atoms with Gasteiger partial charge in [0.25, 0.3) is 5.91 Å². The molecule has 0 unspecified atom stereocenters. The van der Waals surface area contributed by atoms with Gasteiger partial charge < -0.3 is 10.2 Å². The molecule has 1 saturated carbocycles. The molecule has 214 valence electrons. The number of amides is 3. The van der Waals surface area contributed by atoms with Crippen molar-refractivity contribution in [3.8, 4) is 0 Å². The molecule has 1 N–H and O–H groups in total. The Kier molecular flexibility index (Phi) is 8.24. The number of carbonyl (C=O) groups is 3. The molecule has 0 aromatic heterocycles. The van der Waals surface area contributed by atoms with Gasteiger partial charge >= 0.3 is 0 Å². The molecule has 0 spiro atoms. The summed E-state index contributed by atoms with van der Waals surface area (Å²) in [4.78, 5) is 45.1. The molecule has 2 aliphatic rings.